The number of pyridine rings is 3. The molecule has 0 atom stereocenters. The predicted octanol–water partition coefficient (Wildman–Crippen LogP) is 4.28. The van der Waals surface area contributed by atoms with Crippen molar-refractivity contribution >= 4 is 22.8 Å². The van der Waals surface area contributed by atoms with Gasteiger partial charge < -0.3 is 20.1 Å². The average molecular weight is 470 g/mol. The topological polar surface area (TPSA) is 81.6 Å². The summed E-state index contributed by atoms with van der Waals surface area (Å²) in [4.78, 5) is 28.9. The smallest absolute Gasteiger partial charge is 0.248 e. The highest BCUT2D eigenvalue weighted by molar-refractivity contribution is 5.78. The van der Waals surface area contributed by atoms with Crippen molar-refractivity contribution in [2.24, 2.45) is 0 Å². The van der Waals surface area contributed by atoms with Gasteiger partial charge in [0.15, 0.2) is 5.65 Å². The highest BCUT2D eigenvalue weighted by atomic mass is 16.1. The van der Waals surface area contributed by atoms with Gasteiger partial charge in [0.05, 0.1) is 23.3 Å². The van der Waals surface area contributed by atoms with Crippen LogP contribution in [0.4, 0.5) is 17.2 Å². The van der Waals surface area contributed by atoms with Crippen LogP contribution in [0.25, 0.3) is 16.9 Å². The number of piperidine rings is 2. The van der Waals surface area contributed by atoms with Crippen molar-refractivity contribution in [2.45, 2.75) is 38.1 Å². The van der Waals surface area contributed by atoms with Gasteiger partial charge in [0.1, 0.15) is 5.82 Å². The minimum Gasteiger partial charge on any atom is -0.357 e. The first-order chi connectivity index (χ1) is 17.2. The SMILES string of the molecule is O=c1cc(-c2ccc(Nc3ccc(N4CCC(N5CCCCC5)CC4)nc3)c3nccn23)cc[nH]1. The molecule has 2 aliphatic heterocycles. The molecule has 0 radical (unpaired) electrons. The lowest BCUT2D eigenvalue weighted by molar-refractivity contribution is 0.141. The lowest BCUT2D eigenvalue weighted by Gasteiger charge is -2.40. The van der Waals surface area contributed by atoms with Crippen molar-refractivity contribution < 1.29 is 0 Å². The number of aromatic amines is 1. The van der Waals surface area contributed by atoms with E-state index in [2.05, 4.69) is 37.2 Å². The normalized spacial score (nSPS) is 17.7. The minimum absolute atomic E-state index is 0.125. The third kappa shape index (κ3) is 4.53. The first-order valence-corrected chi connectivity index (χ1v) is 12.6. The zero-order valence-electron chi connectivity index (χ0n) is 19.9. The summed E-state index contributed by atoms with van der Waals surface area (Å²) in [6.07, 6.45) is 13.8. The zero-order chi connectivity index (χ0) is 23.6. The number of aromatic nitrogens is 4. The summed E-state index contributed by atoms with van der Waals surface area (Å²) in [6.45, 7) is 4.69. The molecule has 180 valence electrons. The molecule has 2 saturated heterocycles. The van der Waals surface area contributed by atoms with Gasteiger partial charge in [-0.15, -0.1) is 0 Å². The second-order valence-corrected chi connectivity index (χ2v) is 9.54. The number of hydrogen-bond acceptors (Lipinski definition) is 6. The van der Waals surface area contributed by atoms with E-state index in [4.69, 9.17) is 4.98 Å². The summed E-state index contributed by atoms with van der Waals surface area (Å²) < 4.78 is 1.99. The van der Waals surface area contributed by atoms with Crippen LogP contribution in [0.15, 0.2) is 66.0 Å². The molecule has 2 N–H and O–H groups in total. The molecular weight excluding hydrogens is 438 g/mol. The fourth-order valence-electron chi connectivity index (χ4n) is 5.50. The summed E-state index contributed by atoms with van der Waals surface area (Å²) in [6, 6.07) is 12.4. The number of rotatable bonds is 5. The van der Waals surface area contributed by atoms with Crippen molar-refractivity contribution in [3.8, 4) is 11.3 Å². The van der Waals surface area contributed by atoms with E-state index >= 15 is 0 Å². The Morgan fingerprint density at radius 3 is 2.57 bits per heavy atom. The molecule has 35 heavy (non-hydrogen) atoms. The summed E-state index contributed by atoms with van der Waals surface area (Å²) >= 11 is 0. The van der Waals surface area contributed by atoms with Gasteiger partial charge in [-0.2, -0.15) is 0 Å². The quantitative estimate of drug-likeness (QED) is 0.454. The number of imidazole rings is 1. The minimum atomic E-state index is -0.125. The number of H-pyrrole nitrogens is 1. The summed E-state index contributed by atoms with van der Waals surface area (Å²) in [5.74, 6) is 1.04. The Balaban J connectivity index is 1.15. The molecule has 6 heterocycles. The molecule has 4 aromatic rings. The maximum absolute atomic E-state index is 11.8. The van der Waals surface area contributed by atoms with Gasteiger partial charge in [0.25, 0.3) is 0 Å². The van der Waals surface area contributed by atoms with Crippen LogP contribution in [0, 0.1) is 0 Å². The third-order valence-corrected chi connectivity index (χ3v) is 7.34. The lowest BCUT2D eigenvalue weighted by Crippen LogP contribution is -2.46. The molecule has 2 fully saturated rings. The van der Waals surface area contributed by atoms with Crippen LogP contribution in [0.2, 0.25) is 0 Å². The lowest BCUT2D eigenvalue weighted by atomic mass is 10.00. The molecule has 6 rings (SSSR count). The Bertz CT molecular complexity index is 1350. The van der Waals surface area contributed by atoms with E-state index < -0.39 is 0 Å². The predicted molar refractivity (Wildman–Crippen MR) is 139 cm³/mol. The highest BCUT2D eigenvalue weighted by Crippen LogP contribution is 2.28. The van der Waals surface area contributed by atoms with E-state index in [0.717, 1.165) is 53.2 Å². The van der Waals surface area contributed by atoms with Gasteiger partial charge in [-0.25, -0.2) is 9.97 Å². The molecule has 0 aromatic carbocycles. The fourth-order valence-corrected chi connectivity index (χ4v) is 5.50. The van der Waals surface area contributed by atoms with Crippen LogP contribution in [-0.2, 0) is 0 Å². The van der Waals surface area contributed by atoms with Gasteiger partial charge >= 0.3 is 0 Å². The molecular formula is C27H31N7O. The largest absolute Gasteiger partial charge is 0.357 e. The Morgan fingerprint density at radius 2 is 1.80 bits per heavy atom. The van der Waals surface area contributed by atoms with Crippen molar-refractivity contribution in [1.82, 2.24) is 24.3 Å². The number of anilines is 3. The van der Waals surface area contributed by atoms with Gasteiger partial charge in [0.2, 0.25) is 5.56 Å². The maximum atomic E-state index is 11.8. The van der Waals surface area contributed by atoms with Gasteiger partial charge in [0, 0.05) is 49.4 Å². The monoisotopic (exact) mass is 469 g/mol. The summed E-state index contributed by atoms with van der Waals surface area (Å²) in [7, 11) is 0. The van der Waals surface area contributed by atoms with Gasteiger partial charge in [-0.05, 0) is 69.1 Å². The number of fused-ring (bicyclic) bond motifs is 1. The second kappa shape index (κ2) is 9.54. The van der Waals surface area contributed by atoms with Crippen LogP contribution >= 0.6 is 0 Å². The third-order valence-electron chi connectivity index (χ3n) is 7.34. The first-order valence-electron chi connectivity index (χ1n) is 12.6. The van der Waals surface area contributed by atoms with Crippen LogP contribution in [0.1, 0.15) is 32.1 Å². The van der Waals surface area contributed by atoms with Gasteiger partial charge in [-0.3, -0.25) is 9.20 Å². The molecule has 0 unspecified atom stereocenters. The second-order valence-electron chi connectivity index (χ2n) is 9.54. The highest BCUT2D eigenvalue weighted by Gasteiger charge is 2.26. The number of hydrogen-bond donors (Lipinski definition) is 2. The Kier molecular flexibility index (Phi) is 5.96. The van der Waals surface area contributed by atoms with E-state index in [9.17, 15) is 4.79 Å². The number of likely N-dealkylation sites (tertiary alicyclic amines) is 1. The average Bonchev–Trinajstić information content (AvgIpc) is 3.41. The van der Waals surface area contributed by atoms with Crippen LogP contribution in [0.3, 0.4) is 0 Å². The molecule has 8 heteroatoms. The first kappa shape index (κ1) is 21.9. The molecule has 8 nitrogen and oxygen atoms in total. The Hall–Kier alpha value is -3.65. The molecule has 2 aliphatic rings. The van der Waals surface area contributed by atoms with E-state index in [1.54, 1.807) is 18.5 Å². The van der Waals surface area contributed by atoms with Crippen LogP contribution in [-0.4, -0.2) is 56.5 Å². The molecule has 0 aliphatic carbocycles. The van der Waals surface area contributed by atoms with Crippen LogP contribution in [0.5, 0.6) is 0 Å². The summed E-state index contributed by atoms with van der Waals surface area (Å²) in [5, 5.41) is 3.46. The van der Waals surface area contributed by atoms with E-state index in [1.165, 1.54) is 45.2 Å². The molecule has 0 bridgehead atoms. The van der Waals surface area contributed by atoms with Crippen molar-refractivity contribution in [3.63, 3.8) is 0 Å². The van der Waals surface area contributed by atoms with Gasteiger partial charge in [-0.1, -0.05) is 6.42 Å². The standard InChI is InChI=1S/C27H31N7O/c35-26-18-20(8-11-28-26)24-6-5-23(27-29-12-17-34(24)27)31-21-4-7-25(30-19-21)33-15-9-22(10-16-33)32-13-2-1-3-14-32/h4-8,11-12,17-19,22,31H,1-3,9-10,13-16H2,(H,28,35). The maximum Gasteiger partial charge on any atom is 0.248 e. The Morgan fingerprint density at radius 1 is 0.943 bits per heavy atom. The molecule has 0 amide bonds. The fraction of sp³-hybridized carbons (Fsp3) is 0.370. The number of nitrogens with zero attached hydrogens (tertiary/aromatic N) is 5. The molecule has 4 aromatic heterocycles. The number of nitrogens with one attached hydrogen (secondary N) is 2. The molecule has 0 saturated carbocycles. The van der Waals surface area contributed by atoms with E-state index in [-0.39, 0.29) is 5.56 Å². The van der Waals surface area contributed by atoms with E-state index in [1.807, 2.05) is 35.0 Å². The molecule has 0 spiro atoms. The van der Waals surface area contributed by atoms with Crippen molar-refractivity contribution in [1.29, 1.82) is 0 Å². The van der Waals surface area contributed by atoms with Crippen molar-refractivity contribution in [2.75, 3.05) is 36.4 Å². The summed E-state index contributed by atoms with van der Waals surface area (Å²) in [5.41, 5.74) is 4.24. The Labute approximate surface area is 204 Å². The van der Waals surface area contributed by atoms with Crippen molar-refractivity contribution in [3.05, 3.63) is 71.5 Å². The van der Waals surface area contributed by atoms with Crippen LogP contribution < -0.4 is 15.8 Å². The van der Waals surface area contributed by atoms with E-state index in [0.29, 0.717) is 0 Å². The zero-order valence-corrected chi connectivity index (χ0v) is 19.9.